The molecule has 0 radical (unpaired) electrons. The number of benzene rings is 6. The summed E-state index contributed by atoms with van der Waals surface area (Å²) in [6.07, 6.45) is 4.85. The van der Waals surface area contributed by atoms with Gasteiger partial charge in [0.2, 0.25) is 0 Å². The van der Waals surface area contributed by atoms with E-state index in [-0.39, 0.29) is 0 Å². The van der Waals surface area contributed by atoms with Crippen molar-refractivity contribution >= 4 is 43.1 Å². The monoisotopic (exact) mass is 404 g/mol. The predicted octanol–water partition coefficient (Wildman–Crippen LogP) is 8.45. The lowest BCUT2D eigenvalue weighted by Crippen LogP contribution is -2.20. The molecule has 2 bridgehead atoms. The molecule has 0 unspecified atom stereocenters. The van der Waals surface area contributed by atoms with E-state index in [4.69, 9.17) is 0 Å². The average molecular weight is 405 g/mol. The number of hydrogen-bond acceptors (Lipinski definition) is 0. The van der Waals surface area contributed by atoms with Crippen molar-refractivity contribution in [3.8, 4) is 0 Å². The highest BCUT2D eigenvalue weighted by molar-refractivity contribution is 6.01. The summed E-state index contributed by atoms with van der Waals surface area (Å²) in [5.74, 6) is 0.688. The molecule has 6 aromatic carbocycles. The molecule has 0 saturated carbocycles. The lowest BCUT2D eigenvalue weighted by Gasteiger charge is -2.36. The van der Waals surface area contributed by atoms with Gasteiger partial charge in [-0.05, 0) is 114 Å². The maximum atomic E-state index is 2.45. The van der Waals surface area contributed by atoms with Crippen molar-refractivity contribution in [3.63, 3.8) is 0 Å². The van der Waals surface area contributed by atoms with E-state index in [1.54, 1.807) is 0 Å². The average Bonchev–Trinajstić information content (AvgIpc) is 2.84. The first-order valence-corrected chi connectivity index (χ1v) is 11.4. The van der Waals surface area contributed by atoms with Crippen LogP contribution >= 0.6 is 0 Å². The van der Waals surface area contributed by atoms with E-state index in [0.29, 0.717) is 11.8 Å². The Labute approximate surface area is 186 Å². The largest absolute Gasteiger partial charge is 0.0757 e. The van der Waals surface area contributed by atoms with Crippen molar-refractivity contribution in [2.24, 2.45) is 0 Å². The Kier molecular flexibility index (Phi) is 3.07. The topological polar surface area (TPSA) is 0 Å². The van der Waals surface area contributed by atoms with Gasteiger partial charge in [0.25, 0.3) is 0 Å². The van der Waals surface area contributed by atoms with Gasteiger partial charge in [-0.3, -0.25) is 0 Å². The fourth-order valence-corrected chi connectivity index (χ4v) is 6.10. The van der Waals surface area contributed by atoms with Crippen molar-refractivity contribution in [3.05, 3.63) is 131 Å². The van der Waals surface area contributed by atoms with Crippen molar-refractivity contribution in [1.82, 2.24) is 0 Å². The normalized spacial score (nSPS) is 18.5. The van der Waals surface area contributed by atoms with Gasteiger partial charge in [-0.15, -0.1) is 0 Å². The molecule has 0 spiro atoms. The van der Waals surface area contributed by atoms with Crippen LogP contribution in [0.25, 0.3) is 43.1 Å². The molecule has 0 heteroatoms. The molecular formula is C32H20. The molecule has 9 rings (SSSR count). The lowest BCUT2D eigenvalue weighted by atomic mass is 9.67. The second-order valence-electron chi connectivity index (χ2n) is 9.40. The summed E-state index contributed by atoms with van der Waals surface area (Å²) >= 11 is 0. The Morgan fingerprint density at radius 3 is 0.875 bits per heavy atom. The molecule has 0 heterocycles. The molecule has 6 aromatic rings. The van der Waals surface area contributed by atoms with Gasteiger partial charge in [0, 0.05) is 11.8 Å². The first-order chi connectivity index (χ1) is 15.8. The number of allylic oxidation sites excluding steroid dienone is 2. The van der Waals surface area contributed by atoms with Gasteiger partial charge in [0.05, 0.1) is 0 Å². The third-order valence-electron chi connectivity index (χ3n) is 7.65. The maximum Gasteiger partial charge on any atom is 0.0276 e. The van der Waals surface area contributed by atoms with E-state index in [2.05, 4.69) is 109 Å². The molecule has 148 valence electrons. The van der Waals surface area contributed by atoms with Gasteiger partial charge in [-0.1, -0.05) is 60.7 Å². The van der Waals surface area contributed by atoms with Crippen LogP contribution in [0.3, 0.4) is 0 Å². The minimum atomic E-state index is 0.344. The van der Waals surface area contributed by atoms with Crippen LogP contribution in [0.5, 0.6) is 0 Å². The van der Waals surface area contributed by atoms with E-state index in [0.717, 1.165) is 0 Å². The fourth-order valence-electron chi connectivity index (χ4n) is 6.10. The summed E-state index contributed by atoms with van der Waals surface area (Å²) in [4.78, 5) is 0. The first kappa shape index (κ1) is 16.8. The van der Waals surface area contributed by atoms with E-state index in [9.17, 15) is 0 Å². The zero-order valence-corrected chi connectivity index (χ0v) is 17.5. The summed E-state index contributed by atoms with van der Waals surface area (Å²) in [5, 5.41) is 10.6. The fraction of sp³-hybridized carbons (Fsp3) is 0.0625. The van der Waals surface area contributed by atoms with E-state index >= 15 is 0 Å². The summed E-state index contributed by atoms with van der Waals surface area (Å²) in [7, 11) is 0. The number of hydrogen-bond donors (Lipinski definition) is 0. The lowest BCUT2D eigenvalue weighted by molar-refractivity contribution is 0.817. The standard InChI is InChI=1S/C32H20/c1-2-6-20-12-24-16-30-28-10-9-27(29(30)15-23(24)11-19(20)5-1)31-17-25-13-21-7-3-4-8-22(21)14-26(25)18-32(28)31/h1-18,27-28H. The van der Waals surface area contributed by atoms with Gasteiger partial charge in [-0.2, -0.15) is 0 Å². The second kappa shape index (κ2) is 5.87. The Hall–Kier alpha value is -3.90. The molecule has 0 nitrogen and oxygen atoms in total. The second-order valence-corrected chi connectivity index (χ2v) is 9.40. The Morgan fingerprint density at radius 1 is 0.312 bits per heavy atom. The van der Waals surface area contributed by atoms with Crippen LogP contribution in [-0.2, 0) is 0 Å². The maximum absolute atomic E-state index is 2.45. The molecule has 0 atom stereocenters. The Morgan fingerprint density at radius 2 is 0.594 bits per heavy atom. The van der Waals surface area contributed by atoms with E-state index in [1.807, 2.05) is 0 Å². The summed E-state index contributed by atoms with van der Waals surface area (Å²) in [6.45, 7) is 0. The van der Waals surface area contributed by atoms with Gasteiger partial charge in [0.15, 0.2) is 0 Å². The molecule has 3 aliphatic rings. The molecule has 0 fully saturated rings. The molecule has 0 aromatic heterocycles. The van der Waals surface area contributed by atoms with Crippen LogP contribution < -0.4 is 0 Å². The van der Waals surface area contributed by atoms with Crippen molar-refractivity contribution in [2.75, 3.05) is 0 Å². The molecule has 0 amide bonds. The summed E-state index contributed by atoms with van der Waals surface area (Å²) in [5.41, 5.74) is 5.92. The van der Waals surface area contributed by atoms with Gasteiger partial charge < -0.3 is 0 Å². The highest BCUT2D eigenvalue weighted by Gasteiger charge is 2.34. The van der Waals surface area contributed by atoms with Crippen LogP contribution in [0.15, 0.2) is 109 Å². The number of rotatable bonds is 0. The van der Waals surface area contributed by atoms with Crippen LogP contribution in [0.4, 0.5) is 0 Å². The van der Waals surface area contributed by atoms with Gasteiger partial charge in [-0.25, -0.2) is 0 Å². The smallest absolute Gasteiger partial charge is 0.0276 e. The Balaban J connectivity index is 1.39. The van der Waals surface area contributed by atoms with Crippen molar-refractivity contribution < 1.29 is 0 Å². The highest BCUT2D eigenvalue weighted by Crippen LogP contribution is 2.51. The van der Waals surface area contributed by atoms with Gasteiger partial charge >= 0.3 is 0 Å². The number of fused-ring (bicyclic) bond motifs is 4. The van der Waals surface area contributed by atoms with Gasteiger partial charge in [0.1, 0.15) is 0 Å². The molecule has 32 heavy (non-hydrogen) atoms. The first-order valence-electron chi connectivity index (χ1n) is 11.4. The minimum Gasteiger partial charge on any atom is -0.0757 e. The molecule has 0 N–H and O–H groups in total. The molecule has 0 saturated heterocycles. The van der Waals surface area contributed by atoms with Crippen LogP contribution in [0, 0.1) is 0 Å². The van der Waals surface area contributed by atoms with E-state index < -0.39 is 0 Å². The zero-order chi connectivity index (χ0) is 20.8. The molecule has 0 aliphatic heterocycles. The van der Waals surface area contributed by atoms with Crippen molar-refractivity contribution in [2.45, 2.75) is 11.8 Å². The summed E-state index contributed by atoms with van der Waals surface area (Å²) < 4.78 is 0. The zero-order valence-electron chi connectivity index (χ0n) is 17.5. The quantitative estimate of drug-likeness (QED) is 0.176. The van der Waals surface area contributed by atoms with Crippen LogP contribution in [0.1, 0.15) is 34.1 Å². The highest BCUT2D eigenvalue weighted by atomic mass is 14.4. The SMILES string of the molecule is C1=CC2c3cc4cc5ccccc5cc4cc3C1c1cc3cc4ccccc4cc3cc12. The Bertz CT molecular complexity index is 1530. The molecule has 3 aliphatic carbocycles. The summed E-state index contributed by atoms with van der Waals surface area (Å²) in [6, 6.07) is 36.6. The van der Waals surface area contributed by atoms with Crippen LogP contribution in [0.2, 0.25) is 0 Å². The van der Waals surface area contributed by atoms with Crippen LogP contribution in [-0.4, -0.2) is 0 Å². The third kappa shape index (κ3) is 2.17. The predicted molar refractivity (Wildman–Crippen MR) is 136 cm³/mol. The molecular weight excluding hydrogens is 384 g/mol. The van der Waals surface area contributed by atoms with E-state index in [1.165, 1.54) is 65.3 Å². The third-order valence-corrected chi connectivity index (χ3v) is 7.65. The minimum absolute atomic E-state index is 0.344. The van der Waals surface area contributed by atoms with Crippen molar-refractivity contribution in [1.29, 1.82) is 0 Å².